The maximum atomic E-state index is 12.3. The van der Waals surface area contributed by atoms with Crippen molar-refractivity contribution in [3.8, 4) is 0 Å². The van der Waals surface area contributed by atoms with Crippen LogP contribution in [0.15, 0.2) is 54.6 Å². The van der Waals surface area contributed by atoms with Crippen molar-refractivity contribution < 1.29 is 14.3 Å². The minimum Gasteiger partial charge on any atom is -0.444 e. The molecule has 4 nitrogen and oxygen atoms in total. The Morgan fingerprint density at radius 2 is 1.58 bits per heavy atom. The van der Waals surface area contributed by atoms with E-state index >= 15 is 0 Å². The molecule has 0 bridgehead atoms. The quantitative estimate of drug-likeness (QED) is 0.795. The molecule has 2 aromatic rings. The first-order valence-corrected chi connectivity index (χ1v) is 8.96. The number of carbonyl (C=O) groups excluding carboxylic acids is 1. The van der Waals surface area contributed by atoms with Gasteiger partial charge in [-0.1, -0.05) is 54.6 Å². The molecule has 0 aliphatic heterocycles. The smallest absolute Gasteiger partial charge is 0.407 e. The summed E-state index contributed by atoms with van der Waals surface area (Å²) in [4.78, 5) is 12.3. The highest BCUT2D eigenvalue weighted by Crippen LogP contribution is 2.13. The molecular formula is C22H29NO3. The van der Waals surface area contributed by atoms with E-state index in [4.69, 9.17) is 9.47 Å². The molecule has 1 unspecified atom stereocenters. The zero-order chi connectivity index (χ0) is 19.0. The van der Waals surface area contributed by atoms with Crippen LogP contribution in [0.1, 0.15) is 37.5 Å². The Morgan fingerprint density at radius 1 is 0.962 bits per heavy atom. The first kappa shape index (κ1) is 20.0. The molecule has 0 heterocycles. The lowest BCUT2D eigenvalue weighted by atomic mass is 9.98. The van der Waals surface area contributed by atoms with Crippen molar-refractivity contribution in [2.24, 2.45) is 0 Å². The molecule has 26 heavy (non-hydrogen) atoms. The second-order valence-corrected chi connectivity index (χ2v) is 7.49. The first-order valence-electron chi connectivity index (χ1n) is 8.96. The molecule has 0 aromatic heterocycles. The van der Waals surface area contributed by atoms with E-state index in [2.05, 4.69) is 29.6 Å². The molecule has 0 aliphatic rings. The average Bonchev–Trinajstić information content (AvgIpc) is 2.54. The van der Waals surface area contributed by atoms with Gasteiger partial charge in [-0.05, 0) is 50.3 Å². The van der Waals surface area contributed by atoms with Crippen LogP contribution in [0.5, 0.6) is 0 Å². The minimum absolute atomic E-state index is 0.0509. The summed E-state index contributed by atoms with van der Waals surface area (Å²) in [5.74, 6) is 0. The summed E-state index contributed by atoms with van der Waals surface area (Å²) in [6.07, 6.45) is 1.09. The number of ether oxygens (including phenoxy) is 2. The molecule has 0 spiro atoms. The van der Waals surface area contributed by atoms with Crippen LogP contribution in [0.3, 0.4) is 0 Å². The van der Waals surface area contributed by atoms with Gasteiger partial charge in [0.1, 0.15) is 5.60 Å². The van der Waals surface area contributed by atoms with Gasteiger partial charge in [-0.25, -0.2) is 4.79 Å². The van der Waals surface area contributed by atoms with E-state index in [1.165, 1.54) is 5.56 Å². The van der Waals surface area contributed by atoms with E-state index in [1.807, 2.05) is 51.1 Å². The SMILES string of the molecule is COCc1cccc(CC(Cc2ccccc2)NC(=O)OC(C)(C)C)c1. The number of methoxy groups -OCH3 is 1. The van der Waals surface area contributed by atoms with Crippen molar-refractivity contribution in [2.45, 2.75) is 51.9 Å². The maximum Gasteiger partial charge on any atom is 0.407 e. The fraction of sp³-hybridized carbons (Fsp3) is 0.409. The van der Waals surface area contributed by atoms with Crippen molar-refractivity contribution in [1.29, 1.82) is 0 Å². The molecule has 1 amide bonds. The largest absolute Gasteiger partial charge is 0.444 e. The Labute approximate surface area is 156 Å². The van der Waals surface area contributed by atoms with Crippen LogP contribution in [0, 0.1) is 0 Å². The number of hydrogen-bond acceptors (Lipinski definition) is 3. The monoisotopic (exact) mass is 355 g/mol. The molecule has 1 N–H and O–H groups in total. The van der Waals surface area contributed by atoms with Gasteiger partial charge in [0.2, 0.25) is 0 Å². The molecule has 1 atom stereocenters. The molecule has 0 saturated carbocycles. The third-order valence-electron chi connectivity index (χ3n) is 3.83. The third kappa shape index (κ3) is 7.28. The summed E-state index contributed by atoms with van der Waals surface area (Å²) in [6, 6.07) is 18.4. The van der Waals surface area contributed by atoms with Crippen LogP contribution in [0.25, 0.3) is 0 Å². The van der Waals surface area contributed by atoms with Gasteiger partial charge < -0.3 is 14.8 Å². The first-order chi connectivity index (χ1) is 12.4. The summed E-state index contributed by atoms with van der Waals surface area (Å²) < 4.78 is 10.6. The van der Waals surface area contributed by atoms with Crippen LogP contribution in [-0.2, 0) is 28.9 Å². The third-order valence-corrected chi connectivity index (χ3v) is 3.83. The molecule has 4 heteroatoms. The van der Waals surface area contributed by atoms with E-state index in [-0.39, 0.29) is 12.1 Å². The van der Waals surface area contributed by atoms with Crippen LogP contribution >= 0.6 is 0 Å². The van der Waals surface area contributed by atoms with E-state index in [0.717, 1.165) is 24.0 Å². The zero-order valence-corrected chi connectivity index (χ0v) is 16.1. The molecule has 2 rings (SSSR count). The van der Waals surface area contributed by atoms with Crippen molar-refractivity contribution >= 4 is 6.09 Å². The standard InChI is InChI=1S/C22H29NO3/c1-22(2,3)26-21(24)23-20(14-17-9-6-5-7-10-17)15-18-11-8-12-19(13-18)16-25-4/h5-13,20H,14-16H2,1-4H3,(H,23,24). The van der Waals surface area contributed by atoms with Gasteiger partial charge >= 0.3 is 6.09 Å². The highest BCUT2D eigenvalue weighted by atomic mass is 16.6. The lowest BCUT2D eigenvalue weighted by Gasteiger charge is -2.24. The van der Waals surface area contributed by atoms with Crippen molar-refractivity contribution in [3.63, 3.8) is 0 Å². The average molecular weight is 355 g/mol. The molecule has 2 aromatic carbocycles. The number of alkyl carbamates (subject to hydrolysis) is 1. The second kappa shape index (κ2) is 9.39. The lowest BCUT2D eigenvalue weighted by molar-refractivity contribution is 0.0504. The van der Waals surface area contributed by atoms with Gasteiger partial charge in [0.05, 0.1) is 6.61 Å². The fourth-order valence-corrected chi connectivity index (χ4v) is 2.84. The van der Waals surface area contributed by atoms with E-state index in [1.54, 1.807) is 7.11 Å². The number of amides is 1. The fourth-order valence-electron chi connectivity index (χ4n) is 2.84. The maximum absolute atomic E-state index is 12.3. The van der Waals surface area contributed by atoms with E-state index < -0.39 is 5.60 Å². The van der Waals surface area contributed by atoms with E-state index in [9.17, 15) is 4.79 Å². The number of benzene rings is 2. The molecule has 0 aliphatic carbocycles. The number of carbonyl (C=O) groups is 1. The van der Waals surface area contributed by atoms with Gasteiger partial charge in [-0.15, -0.1) is 0 Å². The van der Waals surface area contributed by atoms with Crippen molar-refractivity contribution in [3.05, 3.63) is 71.3 Å². The lowest BCUT2D eigenvalue weighted by Crippen LogP contribution is -2.41. The molecule has 140 valence electrons. The van der Waals surface area contributed by atoms with Crippen molar-refractivity contribution in [1.82, 2.24) is 5.32 Å². The number of rotatable bonds is 7. The zero-order valence-electron chi connectivity index (χ0n) is 16.1. The second-order valence-electron chi connectivity index (χ2n) is 7.49. The van der Waals surface area contributed by atoms with Crippen LogP contribution < -0.4 is 5.32 Å². The van der Waals surface area contributed by atoms with Crippen molar-refractivity contribution in [2.75, 3.05) is 7.11 Å². The van der Waals surface area contributed by atoms with Crippen LogP contribution in [0.4, 0.5) is 4.79 Å². The normalized spacial score (nSPS) is 12.5. The predicted molar refractivity (Wildman–Crippen MR) is 104 cm³/mol. The molecule has 0 saturated heterocycles. The Bertz CT molecular complexity index is 692. The van der Waals surface area contributed by atoms with Gasteiger partial charge in [0.25, 0.3) is 0 Å². The Balaban J connectivity index is 2.11. The summed E-state index contributed by atoms with van der Waals surface area (Å²) in [7, 11) is 1.69. The van der Waals surface area contributed by atoms with Gasteiger partial charge in [0.15, 0.2) is 0 Å². The summed E-state index contributed by atoms with van der Waals surface area (Å²) in [6.45, 7) is 6.18. The highest BCUT2D eigenvalue weighted by Gasteiger charge is 2.20. The van der Waals surface area contributed by atoms with Gasteiger partial charge in [-0.2, -0.15) is 0 Å². The Morgan fingerprint density at radius 3 is 2.23 bits per heavy atom. The Kier molecular flexibility index (Phi) is 7.22. The van der Waals surface area contributed by atoms with Gasteiger partial charge in [-0.3, -0.25) is 0 Å². The molecule has 0 radical (unpaired) electrons. The minimum atomic E-state index is -0.514. The molecular weight excluding hydrogens is 326 g/mol. The summed E-state index contributed by atoms with van der Waals surface area (Å²) in [5.41, 5.74) is 2.96. The topological polar surface area (TPSA) is 47.6 Å². The Hall–Kier alpha value is -2.33. The predicted octanol–water partition coefficient (Wildman–Crippen LogP) is 4.51. The highest BCUT2D eigenvalue weighted by molar-refractivity contribution is 5.68. The summed E-state index contributed by atoms with van der Waals surface area (Å²) in [5, 5.41) is 3.03. The number of nitrogens with one attached hydrogen (secondary N) is 1. The van der Waals surface area contributed by atoms with Gasteiger partial charge in [0, 0.05) is 13.2 Å². The number of hydrogen-bond donors (Lipinski definition) is 1. The summed E-state index contributed by atoms with van der Waals surface area (Å²) >= 11 is 0. The van der Waals surface area contributed by atoms with E-state index in [0.29, 0.717) is 6.61 Å². The molecule has 0 fully saturated rings. The van der Waals surface area contributed by atoms with Crippen LogP contribution in [-0.4, -0.2) is 24.8 Å². The van der Waals surface area contributed by atoms with Crippen LogP contribution in [0.2, 0.25) is 0 Å².